The summed E-state index contributed by atoms with van der Waals surface area (Å²) >= 11 is 3.45. The number of likely N-dealkylation sites (N-methyl/N-ethyl adjacent to an activating group) is 1. The lowest BCUT2D eigenvalue weighted by Gasteiger charge is -2.11. The Morgan fingerprint density at radius 2 is 2.21 bits per heavy atom. The van der Waals surface area contributed by atoms with Gasteiger partial charge in [0.05, 0.1) is 8.48 Å². The number of amides is 1. The maximum absolute atomic E-state index is 12.4. The highest BCUT2D eigenvalue weighted by molar-refractivity contribution is 14.1. The number of nitrogens with zero attached hydrogens (tertiary/aromatic N) is 2. The Labute approximate surface area is 158 Å². The van der Waals surface area contributed by atoms with Gasteiger partial charge in [-0.3, -0.25) is 14.7 Å². The van der Waals surface area contributed by atoms with Crippen molar-refractivity contribution in [2.24, 2.45) is 4.99 Å². The van der Waals surface area contributed by atoms with Gasteiger partial charge in [-0.25, -0.2) is 4.79 Å². The van der Waals surface area contributed by atoms with Crippen LogP contribution in [0.2, 0.25) is 0 Å². The van der Waals surface area contributed by atoms with Crippen LogP contribution in [0.3, 0.4) is 0 Å². The van der Waals surface area contributed by atoms with E-state index in [0.29, 0.717) is 23.7 Å². The molecule has 0 unspecified atom stereocenters. The predicted molar refractivity (Wildman–Crippen MR) is 103 cm³/mol. The molecule has 1 fully saturated rings. The topological polar surface area (TPSA) is 79.2 Å². The summed E-state index contributed by atoms with van der Waals surface area (Å²) in [7, 11) is 0. The normalized spacial score (nSPS) is 17.8. The molecule has 1 aromatic carbocycles. The summed E-state index contributed by atoms with van der Waals surface area (Å²) in [5, 5.41) is 9.39. The van der Waals surface area contributed by atoms with E-state index in [1.54, 1.807) is 17.0 Å². The number of halogens is 1. The van der Waals surface area contributed by atoms with Crippen molar-refractivity contribution in [3.8, 4) is 5.75 Å². The molecular formula is C16H17IN2O4S. The van der Waals surface area contributed by atoms with E-state index < -0.39 is 5.97 Å². The summed E-state index contributed by atoms with van der Waals surface area (Å²) < 4.78 is 5.99. The van der Waals surface area contributed by atoms with Crippen LogP contribution < -0.4 is 4.74 Å². The van der Waals surface area contributed by atoms with Gasteiger partial charge in [-0.2, -0.15) is 0 Å². The van der Waals surface area contributed by atoms with Crippen molar-refractivity contribution in [1.29, 1.82) is 0 Å². The smallest absolute Gasteiger partial charge is 0.341 e. The molecule has 1 saturated heterocycles. The monoisotopic (exact) mass is 460 g/mol. The second kappa shape index (κ2) is 8.52. The molecule has 1 aromatic rings. The number of ether oxygens (including phenoxy) is 1. The summed E-state index contributed by atoms with van der Waals surface area (Å²) in [5.74, 6) is -0.558. The zero-order valence-corrected chi connectivity index (χ0v) is 16.3. The number of carboxylic acid groups (broad SMARTS) is 1. The Kier molecular flexibility index (Phi) is 6.67. The lowest BCUT2D eigenvalue weighted by Crippen LogP contribution is -2.28. The molecule has 1 amide bonds. The van der Waals surface area contributed by atoms with Crippen molar-refractivity contribution in [1.82, 2.24) is 4.90 Å². The van der Waals surface area contributed by atoms with Gasteiger partial charge in [0.25, 0.3) is 5.91 Å². The van der Waals surface area contributed by atoms with Crippen LogP contribution in [0.1, 0.15) is 19.4 Å². The van der Waals surface area contributed by atoms with Gasteiger partial charge in [-0.1, -0.05) is 6.07 Å². The zero-order chi connectivity index (χ0) is 17.7. The molecule has 0 aliphatic carbocycles. The van der Waals surface area contributed by atoms with Crippen LogP contribution >= 0.6 is 34.4 Å². The average Bonchev–Trinajstić information content (AvgIpc) is 2.82. The fourth-order valence-corrected chi connectivity index (χ4v) is 3.85. The van der Waals surface area contributed by atoms with E-state index in [2.05, 4.69) is 27.6 Å². The number of carbonyl (C=O) groups excluding carboxylic acids is 1. The zero-order valence-electron chi connectivity index (χ0n) is 13.3. The number of hydrogen-bond donors (Lipinski definition) is 1. The van der Waals surface area contributed by atoms with Crippen molar-refractivity contribution in [3.63, 3.8) is 0 Å². The first-order valence-electron chi connectivity index (χ1n) is 7.36. The van der Waals surface area contributed by atoms with Gasteiger partial charge < -0.3 is 9.84 Å². The average molecular weight is 460 g/mol. The maximum Gasteiger partial charge on any atom is 0.341 e. The van der Waals surface area contributed by atoms with Gasteiger partial charge in [0.1, 0.15) is 5.75 Å². The van der Waals surface area contributed by atoms with E-state index in [-0.39, 0.29) is 12.5 Å². The second-order valence-electron chi connectivity index (χ2n) is 4.79. The molecule has 0 atom stereocenters. The van der Waals surface area contributed by atoms with E-state index in [1.165, 1.54) is 11.8 Å². The molecule has 1 N–H and O–H groups in total. The minimum absolute atomic E-state index is 0.0455. The van der Waals surface area contributed by atoms with Crippen LogP contribution in [0, 0.1) is 3.57 Å². The van der Waals surface area contributed by atoms with Crippen molar-refractivity contribution in [2.75, 3.05) is 19.7 Å². The standard InChI is InChI=1S/C16H17IN2O4S/c1-3-18-16-19(4-2)15(22)13(24-16)8-10-5-6-12(11(17)7-10)23-9-14(20)21/h5-8H,3-4,9H2,1-2H3,(H,20,21)/b13-8-,18-16?. The minimum Gasteiger partial charge on any atom is -0.481 e. The molecular weight excluding hydrogens is 443 g/mol. The third-order valence-corrected chi connectivity index (χ3v) is 4.99. The van der Waals surface area contributed by atoms with Crippen LogP contribution in [-0.2, 0) is 9.59 Å². The first-order chi connectivity index (χ1) is 11.5. The lowest BCUT2D eigenvalue weighted by atomic mass is 10.2. The molecule has 24 heavy (non-hydrogen) atoms. The van der Waals surface area contributed by atoms with Gasteiger partial charge in [0, 0.05) is 13.1 Å². The molecule has 1 heterocycles. The van der Waals surface area contributed by atoms with E-state index >= 15 is 0 Å². The van der Waals surface area contributed by atoms with Crippen LogP contribution in [-0.4, -0.2) is 46.7 Å². The van der Waals surface area contributed by atoms with Gasteiger partial charge in [-0.05, 0) is 72.0 Å². The highest BCUT2D eigenvalue weighted by Gasteiger charge is 2.31. The van der Waals surface area contributed by atoms with Crippen LogP contribution in [0.15, 0.2) is 28.1 Å². The fraction of sp³-hybridized carbons (Fsp3) is 0.312. The van der Waals surface area contributed by atoms with E-state index in [1.807, 2.05) is 26.0 Å². The van der Waals surface area contributed by atoms with Crippen molar-refractivity contribution >= 4 is 57.5 Å². The number of amidine groups is 1. The Balaban J connectivity index is 2.22. The number of hydrogen-bond acceptors (Lipinski definition) is 5. The molecule has 0 radical (unpaired) electrons. The van der Waals surface area contributed by atoms with E-state index in [9.17, 15) is 9.59 Å². The Morgan fingerprint density at radius 3 is 2.79 bits per heavy atom. The largest absolute Gasteiger partial charge is 0.481 e. The van der Waals surface area contributed by atoms with Gasteiger partial charge in [0.2, 0.25) is 0 Å². The molecule has 0 bridgehead atoms. The first kappa shape index (κ1) is 18.8. The molecule has 0 aromatic heterocycles. The highest BCUT2D eigenvalue weighted by Crippen LogP contribution is 2.33. The summed E-state index contributed by atoms with van der Waals surface area (Å²) in [6, 6.07) is 5.36. The summed E-state index contributed by atoms with van der Waals surface area (Å²) in [4.78, 5) is 29.6. The molecule has 2 rings (SSSR count). The number of benzene rings is 1. The maximum atomic E-state index is 12.4. The lowest BCUT2D eigenvalue weighted by molar-refractivity contribution is -0.139. The third kappa shape index (κ3) is 4.50. The van der Waals surface area contributed by atoms with Crippen molar-refractivity contribution < 1.29 is 19.4 Å². The molecule has 8 heteroatoms. The fourth-order valence-electron chi connectivity index (χ4n) is 2.05. The number of aliphatic imine (C=N–C) groups is 1. The number of carbonyl (C=O) groups is 2. The van der Waals surface area contributed by atoms with Crippen molar-refractivity contribution in [3.05, 3.63) is 32.2 Å². The minimum atomic E-state index is -1.02. The number of rotatable bonds is 6. The molecule has 128 valence electrons. The molecule has 6 nitrogen and oxygen atoms in total. The van der Waals surface area contributed by atoms with Crippen molar-refractivity contribution in [2.45, 2.75) is 13.8 Å². The summed E-state index contributed by atoms with van der Waals surface area (Å²) in [5.41, 5.74) is 0.853. The number of carboxylic acids is 1. The first-order valence-corrected chi connectivity index (χ1v) is 9.25. The highest BCUT2D eigenvalue weighted by atomic mass is 127. The third-order valence-electron chi connectivity index (χ3n) is 3.10. The summed E-state index contributed by atoms with van der Waals surface area (Å²) in [6.45, 7) is 4.69. The quantitative estimate of drug-likeness (QED) is 0.522. The van der Waals surface area contributed by atoms with Gasteiger partial charge in [-0.15, -0.1) is 0 Å². The van der Waals surface area contributed by atoms with Crippen LogP contribution in [0.4, 0.5) is 0 Å². The molecule has 0 saturated carbocycles. The van der Waals surface area contributed by atoms with Gasteiger partial charge in [0.15, 0.2) is 11.8 Å². The molecule has 1 aliphatic heterocycles. The molecule has 0 spiro atoms. The van der Waals surface area contributed by atoms with Gasteiger partial charge >= 0.3 is 5.97 Å². The van der Waals surface area contributed by atoms with E-state index in [4.69, 9.17) is 9.84 Å². The molecule has 1 aliphatic rings. The Hall–Kier alpha value is -1.55. The van der Waals surface area contributed by atoms with E-state index in [0.717, 1.165) is 14.3 Å². The number of thioether (sulfide) groups is 1. The Bertz CT molecular complexity index is 718. The number of aliphatic carboxylic acids is 1. The predicted octanol–water partition coefficient (Wildman–Crippen LogP) is 3.07. The summed E-state index contributed by atoms with van der Waals surface area (Å²) in [6.07, 6.45) is 1.82. The SMILES string of the molecule is CCN=C1S/C(=C\c2ccc(OCC(=O)O)c(I)c2)C(=O)N1CC. The van der Waals surface area contributed by atoms with Crippen LogP contribution in [0.5, 0.6) is 5.75 Å². The Morgan fingerprint density at radius 1 is 1.46 bits per heavy atom. The second-order valence-corrected chi connectivity index (χ2v) is 6.96. The van der Waals surface area contributed by atoms with Crippen LogP contribution in [0.25, 0.3) is 6.08 Å².